The monoisotopic (exact) mass is 312 g/mol. The summed E-state index contributed by atoms with van der Waals surface area (Å²) in [4.78, 5) is 21.2. The Labute approximate surface area is 137 Å². The van der Waals surface area contributed by atoms with Gasteiger partial charge in [-0.25, -0.2) is 9.97 Å². The van der Waals surface area contributed by atoms with Crippen molar-refractivity contribution in [3.8, 4) is 0 Å². The summed E-state index contributed by atoms with van der Waals surface area (Å²) in [7, 11) is 0. The van der Waals surface area contributed by atoms with Crippen LogP contribution in [0.2, 0.25) is 0 Å². The summed E-state index contributed by atoms with van der Waals surface area (Å²) < 4.78 is 0. The normalized spacial score (nSPS) is 10.7. The van der Waals surface area contributed by atoms with E-state index in [1.165, 1.54) is 0 Å². The molecule has 0 radical (unpaired) electrons. The molecular formula is C18H24N4O. The Balaban J connectivity index is 2.30. The van der Waals surface area contributed by atoms with E-state index in [4.69, 9.17) is 0 Å². The second-order valence-corrected chi connectivity index (χ2v) is 5.90. The highest BCUT2D eigenvalue weighted by atomic mass is 16.1. The van der Waals surface area contributed by atoms with E-state index in [-0.39, 0.29) is 11.9 Å². The molecule has 2 N–H and O–H groups in total. The summed E-state index contributed by atoms with van der Waals surface area (Å²) in [6, 6.07) is 7.95. The molecule has 23 heavy (non-hydrogen) atoms. The summed E-state index contributed by atoms with van der Waals surface area (Å²) >= 11 is 0. The first-order valence-corrected chi connectivity index (χ1v) is 7.92. The van der Waals surface area contributed by atoms with Crippen molar-refractivity contribution in [3.63, 3.8) is 0 Å². The summed E-state index contributed by atoms with van der Waals surface area (Å²) in [5.41, 5.74) is 3.40. The lowest BCUT2D eigenvalue weighted by Crippen LogP contribution is -2.18. The van der Waals surface area contributed by atoms with Crippen molar-refractivity contribution in [1.29, 1.82) is 0 Å². The predicted molar refractivity (Wildman–Crippen MR) is 94.0 cm³/mol. The Kier molecular flexibility index (Phi) is 5.32. The summed E-state index contributed by atoms with van der Waals surface area (Å²) in [5.74, 6) is 1.02. The first-order valence-electron chi connectivity index (χ1n) is 7.92. The lowest BCUT2D eigenvalue weighted by molar-refractivity contribution is 0.102. The first kappa shape index (κ1) is 16.9. The molecule has 0 spiro atoms. The lowest BCUT2D eigenvalue weighted by Gasteiger charge is -2.14. The second kappa shape index (κ2) is 7.22. The van der Waals surface area contributed by atoms with Crippen LogP contribution in [0.1, 0.15) is 48.2 Å². The van der Waals surface area contributed by atoms with Gasteiger partial charge in [-0.15, -0.1) is 0 Å². The fourth-order valence-corrected chi connectivity index (χ4v) is 2.43. The standard InChI is InChI=1S/C18H24N4O/c1-6-14-9-7-8-12(4)17(14)22-18(23)15-10-16(19-11(2)3)21-13(5)20-15/h7-11H,6H2,1-5H3,(H,22,23)(H,19,20,21). The van der Waals surface area contributed by atoms with E-state index in [1.807, 2.05) is 39.0 Å². The number of para-hydroxylation sites is 1. The zero-order valence-electron chi connectivity index (χ0n) is 14.4. The van der Waals surface area contributed by atoms with Gasteiger partial charge < -0.3 is 10.6 Å². The molecule has 1 aromatic carbocycles. The minimum Gasteiger partial charge on any atom is -0.368 e. The summed E-state index contributed by atoms with van der Waals surface area (Å²) in [5, 5.41) is 6.20. The average molecular weight is 312 g/mol. The number of aryl methyl sites for hydroxylation is 3. The number of nitrogens with one attached hydrogen (secondary N) is 2. The van der Waals surface area contributed by atoms with Gasteiger partial charge in [0.2, 0.25) is 0 Å². The van der Waals surface area contributed by atoms with Gasteiger partial charge in [-0.1, -0.05) is 25.1 Å². The van der Waals surface area contributed by atoms with Crippen LogP contribution in [-0.4, -0.2) is 21.9 Å². The molecule has 0 aliphatic carbocycles. The SMILES string of the molecule is CCc1cccc(C)c1NC(=O)c1cc(NC(C)C)nc(C)n1. The fourth-order valence-electron chi connectivity index (χ4n) is 2.43. The Hall–Kier alpha value is -2.43. The smallest absolute Gasteiger partial charge is 0.274 e. The molecule has 0 bridgehead atoms. The first-order chi connectivity index (χ1) is 10.9. The zero-order chi connectivity index (χ0) is 17.0. The minimum atomic E-state index is -0.216. The number of carbonyl (C=O) groups is 1. The van der Waals surface area contributed by atoms with E-state index in [0.717, 1.165) is 23.2 Å². The van der Waals surface area contributed by atoms with E-state index in [0.29, 0.717) is 17.3 Å². The van der Waals surface area contributed by atoms with Gasteiger partial charge in [-0.2, -0.15) is 0 Å². The Morgan fingerprint density at radius 2 is 1.96 bits per heavy atom. The summed E-state index contributed by atoms with van der Waals surface area (Å²) in [6.07, 6.45) is 0.861. The number of carbonyl (C=O) groups excluding carboxylic acids is 1. The van der Waals surface area contributed by atoms with E-state index < -0.39 is 0 Å². The molecule has 5 nitrogen and oxygen atoms in total. The molecule has 0 saturated heterocycles. The highest BCUT2D eigenvalue weighted by Gasteiger charge is 2.14. The number of hydrogen-bond acceptors (Lipinski definition) is 4. The Bertz CT molecular complexity index is 710. The molecule has 5 heteroatoms. The lowest BCUT2D eigenvalue weighted by atomic mass is 10.1. The van der Waals surface area contributed by atoms with Gasteiger partial charge in [0.05, 0.1) is 0 Å². The number of aromatic nitrogens is 2. The molecule has 1 aromatic heterocycles. The largest absolute Gasteiger partial charge is 0.368 e. The van der Waals surface area contributed by atoms with Crippen molar-refractivity contribution < 1.29 is 4.79 Å². The van der Waals surface area contributed by atoms with Crippen LogP contribution in [0.4, 0.5) is 11.5 Å². The highest BCUT2D eigenvalue weighted by molar-refractivity contribution is 6.04. The molecular weight excluding hydrogens is 288 g/mol. The molecule has 0 unspecified atom stereocenters. The van der Waals surface area contributed by atoms with Gasteiger partial charge in [0.1, 0.15) is 17.3 Å². The van der Waals surface area contributed by atoms with Crippen molar-refractivity contribution in [2.45, 2.75) is 47.1 Å². The third-order valence-corrected chi connectivity index (χ3v) is 3.49. The predicted octanol–water partition coefficient (Wildman–Crippen LogP) is 3.73. The van der Waals surface area contributed by atoms with E-state index in [1.54, 1.807) is 13.0 Å². The van der Waals surface area contributed by atoms with Gasteiger partial charge in [0.15, 0.2) is 0 Å². The van der Waals surface area contributed by atoms with Gasteiger partial charge in [0, 0.05) is 17.8 Å². The second-order valence-electron chi connectivity index (χ2n) is 5.90. The quantitative estimate of drug-likeness (QED) is 0.883. The topological polar surface area (TPSA) is 66.9 Å². The maximum Gasteiger partial charge on any atom is 0.274 e. The Morgan fingerprint density at radius 1 is 1.22 bits per heavy atom. The van der Waals surface area contributed by atoms with Crippen molar-refractivity contribution in [2.75, 3.05) is 10.6 Å². The molecule has 1 heterocycles. The van der Waals surface area contributed by atoms with Crippen molar-refractivity contribution in [3.05, 3.63) is 46.9 Å². The molecule has 2 aromatic rings. The summed E-state index contributed by atoms with van der Waals surface area (Å²) in [6.45, 7) is 9.90. The number of rotatable bonds is 5. The average Bonchev–Trinajstić information content (AvgIpc) is 2.47. The van der Waals surface area contributed by atoms with E-state index >= 15 is 0 Å². The van der Waals surface area contributed by atoms with Crippen LogP contribution in [0.25, 0.3) is 0 Å². The number of benzene rings is 1. The van der Waals surface area contributed by atoms with Crippen LogP contribution in [-0.2, 0) is 6.42 Å². The molecule has 0 fully saturated rings. The maximum absolute atomic E-state index is 12.6. The fraction of sp³-hybridized carbons (Fsp3) is 0.389. The number of amides is 1. The number of anilines is 2. The highest BCUT2D eigenvalue weighted by Crippen LogP contribution is 2.22. The van der Waals surface area contributed by atoms with Gasteiger partial charge in [-0.05, 0) is 45.2 Å². The van der Waals surface area contributed by atoms with Crippen LogP contribution in [0, 0.1) is 13.8 Å². The van der Waals surface area contributed by atoms with Gasteiger partial charge >= 0.3 is 0 Å². The van der Waals surface area contributed by atoms with Crippen molar-refractivity contribution in [2.24, 2.45) is 0 Å². The van der Waals surface area contributed by atoms with Crippen LogP contribution in [0.15, 0.2) is 24.3 Å². The van der Waals surface area contributed by atoms with Crippen molar-refractivity contribution >= 4 is 17.4 Å². The van der Waals surface area contributed by atoms with Crippen molar-refractivity contribution in [1.82, 2.24) is 9.97 Å². The van der Waals surface area contributed by atoms with Crippen LogP contribution in [0.5, 0.6) is 0 Å². The third-order valence-electron chi connectivity index (χ3n) is 3.49. The molecule has 122 valence electrons. The third kappa shape index (κ3) is 4.28. The van der Waals surface area contributed by atoms with Gasteiger partial charge in [-0.3, -0.25) is 4.79 Å². The van der Waals surface area contributed by atoms with Gasteiger partial charge in [0.25, 0.3) is 5.91 Å². The molecule has 0 atom stereocenters. The molecule has 2 rings (SSSR count). The van der Waals surface area contributed by atoms with Crippen LogP contribution in [0.3, 0.4) is 0 Å². The van der Waals surface area contributed by atoms with E-state index in [2.05, 4.69) is 27.5 Å². The van der Waals surface area contributed by atoms with E-state index in [9.17, 15) is 4.79 Å². The van der Waals surface area contributed by atoms with Crippen LogP contribution < -0.4 is 10.6 Å². The maximum atomic E-state index is 12.6. The number of hydrogen-bond donors (Lipinski definition) is 2. The molecule has 1 amide bonds. The molecule has 0 aliphatic rings. The minimum absolute atomic E-state index is 0.216. The molecule has 0 saturated carbocycles. The Morgan fingerprint density at radius 3 is 2.61 bits per heavy atom. The molecule has 0 aliphatic heterocycles. The zero-order valence-corrected chi connectivity index (χ0v) is 14.4. The number of nitrogens with zero attached hydrogens (tertiary/aromatic N) is 2. The van der Waals surface area contributed by atoms with Crippen LogP contribution >= 0.6 is 0 Å².